The maximum atomic E-state index is 13.1. The van der Waals surface area contributed by atoms with E-state index in [9.17, 15) is 9.59 Å². The van der Waals surface area contributed by atoms with Crippen molar-refractivity contribution in [1.82, 2.24) is 15.2 Å². The van der Waals surface area contributed by atoms with E-state index < -0.39 is 0 Å². The van der Waals surface area contributed by atoms with Crippen molar-refractivity contribution in [2.75, 3.05) is 19.6 Å². The summed E-state index contributed by atoms with van der Waals surface area (Å²) < 4.78 is 0. The van der Waals surface area contributed by atoms with Gasteiger partial charge in [-0.1, -0.05) is 12.1 Å². The zero-order chi connectivity index (χ0) is 19.2. The molecule has 2 amide bonds. The van der Waals surface area contributed by atoms with Crippen LogP contribution < -0.4 is 11.1 Å². The van der Waals surface area contributed by atoms with Crippen LogP contribution in [0.3, 0.4) is 0 Å². The first-order valence-electron chi connectivity index (χ1n) is 9.39. The van der Waals surface area contributed by atoms with Crippen molar-refractivity contribution in [3.05, 3.63) is 40.9 Å². The van der Waals surface area contributed by atoms with Crippen LogP contribution in [-0.4, -0.2) is 47.4 Å². The highest BCUT2D eigenvalue weighted by Crippen LogP contribution is 2.26. The molecule has 3 N–H and O–H groups in total. The molecule has 27 heavy (non-hydrogen) atoms. The largest absolute Gasteiger partial charge is 0.354 e. The Labute approximate surface area is 163 Å². The number of rotatable bonds is 6. The Balaban J connectivity index is 1.73. The Morgan fingerprint density at radius 2 is 2.22 bits per heavy atom. The van der Waals surface area contributed by atoms with Gasteiger partial charge in [0.15, 0.2) is 0 Å². The first kappa shape index (κ1) is 19.5. The number of nitrogens with one attached hydrogen (secondary N) is 1. The van der Waals surface area contributed by atoms with E-state index in [1.807, 2.05) is 41.5 Å². The maximum Gasteiger partial charge on any atom is 0.254 e. The summed E-state index contributed by atoms with van der Waals surface area (Å²) >= 11 is 1.58. The molecule has 1 fully saturated rings. The molecule has 144 valence electrons. The van der Waals surface area contributed by atoms with Crippen molar-refractivity contribution in [3.8, 4) is 10.6 Å². The van der Waals surface area contributed by atoms with Gasteiger partial charge in [-0.2, -0.15) is 0 Å². The van der Waals surface area contributed by atoms with E-state index >= 15 is 0 Å². The molecule has 0 spiro atoms. The number of hydrogen-bond acceptors (Lipinski definition) is 5. The molecule has 7 heteroatoms. The number of nitrogens with two attached hydrogens (primary N) is 1. The first-order chi connectivity index (χ1) is 13.1. The number of likely N-dealkylation sites (tertiary alicyclic amines) is 1. The number of thiazole rings is 1. The number of carbonyl (C=O) groups is 2. The predicted molar refractivity (Wildman–Crippen MR) is 108 cm³/mol. The van der Waals surface area contributed by atoms with Crippen molar-refractivity contribution < 1.29 is 9.59 Å². The highest BCUT2D eigenvalue weighted by molar-refractivity contribution is 7.13. The molecule has 2 aromatic rings. The standard InChI is InChI=1S/C20H26N4O2S/c1-14-13-27-19(23-14)15-5-4-6-16(11-15)20(26)24-10-3-2-7-17(24)12-22-18(25)8-9-21/h4-6,11,13,17H,2-3,7-10,12,21H2,1H3,(H,22,25). The van der Waals surface area contributed by atoms with E-state index in [0.717, 1.165) is 42.1 Å². The summed E-state index contributed by atoms with van der Waals surface area (Å²) in [5.41, 5.74) is 8.04. The lowest BCUT2D eigenvalue weighted by atomic mass is 10.00. The van der Waals surface area contributed by atoms with Gasteiger partial charge in [-0.25, -0.2) is 4.98 Å². The fraction of sp³-hybridized carbons (Fsp3) is 0.450. The topological polar surface area (TPSA) is 88.3 Å². The van der Waals surface area contributed by atoms with Gasteiger partial charge in [0.2, 0.25) is 5.91 Å². The summed E-state index contributed by atoms with van der Waals surface area (Å²) in [5, 5.41) is 5.84. The molecule has 0 aliphatic carbocycles. The van der Waals surface area contributed by atoms with Crippen LogP contribution in [0.4, 0.5) is 0 Å². The summed E-state index contributed by atoms with van der Waals surface area (Å²) in [7, 11) is 0. The fourth-order valence-corrected chi connectivity index (χ4v) is 4.16. The quantitative estimate of drug-likeness (QED) is 0.799. The first-order valence-corrected chi connectivity index (χ1v) is 10.3. The second kappa shape index (κ2) is 9.10. The number of aryl methyl sites for hydroxylation is 1. The monoisotopic (exact) mass is 386 g/mol. The fourth-order valence-electron chi connectivity index (χ4n) is 3.37. The lowest BCUT2D eigenvalue weighted by Crippen LogP contribution is -2.49. The third-order valence-corrected chi connectivity index (χ3v) is 5.78. The molecule has 1 aliphatic heterocycles. The number of benzene rings is 1. The van der Waals surface area contributed by atoms with Crippen molar-refractivity contribution in [2.24, 2.45) is 5.73 Å². The van der Waals surface area contributed by atoms with Crippen LogP contribution in [0, 0.1) is 6.92 Å². The molecule has 0 saturated carbocycles. The lowest BCUT2D eigenvalue weighted by molar-refractivity contribution is -0.121. The summed E-state index contributed by atoms with van der Waals surface area (Å²) in [6.07, 6.45) is 3.28. The third-order valence-electron chi connectivity index (χ3n) is 4.77. The minimum atomic E-state index is -0.0587. The summed E-state index contributed by atoms with van der Waals surface area (Å²) in [6, 6.07) is 7.68. The van der Waals surface area contributed by atoms with E-state index in [2.05, 4.69) is 10.3 Å². The molecule has 0 radical (unpaired) electrons. The van der Waals surface area contributed by atoms with E-state index in [1.165, 1.54) is 0 Å². The molecule has 0 bridgehead atoms. The lowest BCUT2D eigenvalue weighted by Gasteiger charge is -2.36. The smallest absolute Gasteiger partial charge is 0.254 e. The molecule has 6 nitrogen and oxygen atoms in total. The maximum absolute atomic E-state index is 13.1. The normalized spacial score (nSPS) is 17.0. The minimum absolute atomic E-state index is 0.0166. The Kier molecular flexibility index (Phi) is 6.58. The van der Waals surface area contributed by atoms with Gasteiger partial charge < -0.3 is 16.0 Å². The Morgan fingerprint density at radius 3 is 2.96 bits per heavy atom. The summed E-state index contributed by atoms with van der Waals surface area (Å²) in [5.74, 6) is -0.0421. The summed E-state index contributed by atoms with van der Waals surface area (Å²) in [6.45, 7) is 3.50. The van der Waals surface area contributed by atoms with Gasteiger partial charge in [0.05, 0.1) is 0 Å². The van der Waals surface area contributed by atoms with Crippen molar-refractivity contribution in [2.45, 2.75) is 38.6 Å². The zero-order valence-electron chi connectivity index (χ0n) is 15.6. The highest BCUT2D eigenvalue weighted by atomic mass is 32.1. The molecular weight excluding hydrogens is 360 g/mol. The van der Waals surface area contributed by atoms with E-state index in [0.29, 0.717) is 25.1 Å². The van der Waals surface area contributed by atoms with E-state index in [-0.39, 0.29) is 17.9 Å². The van der Waals surface area contributed by atoms with Gasteiger partial charge in [-0.3, -0.25) is 9.59 Å². The Morgan fingerprint density at radius 1 is 1.37 bits per heavy atom. The van der Waals surface area contributed by atoms with E-state index in [1.54, 1.807) is 11.3 Å². The SMILES string of the molecule is Cc1csc(-c2cccc(C(=O)N3CCCCC3CNC(=O)CCN)c2)n1. The molecule has 1 aromatic heterocycles. The zero-order valence-corrected chi connectivity index (χ0v) is 16.4. The van der Waals surface area contributed by atoms with Crippen LogP contribution in [-0.2, 0) is 4.79 Å². The van der Waals surface area contributed by atoms with Gasteiger partial charge in [0.1, 0.15) is 5.01 Å². The Hall–Kier alpha value is -2.25. The predicted octanol–water partition coefficient (Wildman–Crippen LogP) is 2.58. The van der Waals surface area contributed by atoms with Gasteiger partial charge in [-0.15, -0.1) is 11.3 Å². The molecule has 1 aliphatic rings. The second-order valence-electron chi connectivity index (χ2n) is 6.87. The number of hydrogen-bond donors (Lipinski definition) is 2. The molecule has 1 saturated heterocycles. The molecule has 3 rings (SSSR count). The molecule has 1 atom stereocenters. The van der Waals surface area contributed by atoms with Crippen LogP contribution in [0.25, 0.3) is 10.6 Å². The van der Waals surface area contributed by atoms with Crippen LogP contribution >= 0.6 is 11.3 Å². The molecule has 2 heterocycles. The van der Waals surface area contributed by atoms with Gasteiger partial charge in [0.25, 0.3) is 5.91 Å². The van der Waals surface area contributed by atoms with Crippen LogP contribution in [0.5, 0.6) is 0 Å². The highest BCUT2D eigenvalue weighted by Gasteiger charge is 2.28. The number of aromatic nitrogens is 1. The second-order valence-corrected chi connectivity index (χ2v) is 7.72. The Bertz CT molecular complexity index is 805. The summed E-state index contributed by atoms with van der Waals surface area (Å²) in [4.78, 5) is 31.3. The number of carbonyl (C=O) groups excluding carboxylic acids is 2. The molecule has 1 unspecified atom stereocenters. The van der Waals surface area contributed by atoms with Gasteiger partial charge >= 0.3 is 0 Å². The molecule has 1 aromatic carbocycles. The average Bonchev–Trinajstić information content (AvgIpc) is 3.13. The number of piperidine rings is 1. The average molecular weight is 387 g/mol. The van der Waals surface area contributed by atoms with Gasteiger partial charge in [-0.05, 0) is 38.3 Å². The van der Waals surface area contributed by atoms with Gasteiger partial charge in [0, 0.05) is 54.3 Å². The van der Waals surface area contributed by atoms with Crippen LogP contribution in [0.15, 0.2) is 29.6 Å². The minimum Gasteiger partial charge on any atom is -0.354 e. The van der Waals surface area contributed by atoms with Crippen LogP contribution in [0.2, 0.25) is 0 Å². The van der Waals surface area contributed by atoms with Crippen molar-refractivity contribution in [1.29, 1.82) is 0 Å². The van der Waals surface area contributed by atoms with Crippen molar-refractivity contribution >= 4 is 23.2 Å². The number of amides is 2. The number of nitrogens with zero attached hydrogens (tertiary/aromatic N) is 2. The molecular formula is C20H26N4O2S. The van der Waals surface area contributed by atoms with Crippen LogP contribution in [0.1, 0.15) is 41.7 Å². The van der Waals surface area contributed by atoms with E-state index in [4.69, 9.17) is 5.73 Å². The third kappa shape index (κ3) is 4.93. The van der Waals surface area contributed by atoms with Crippen molar-refractivity contribution in [3.63, 3.8) is 0 Å².